The highest BCUT2D eigenvalue weighted by Gasteiger charge is 2.23. The first-order chi connectivity index (χ1) is 9.08. The molecule has 0 aliphatic heterocycles. The lowest BCUT2D eigenvalue weighted by atomic mass is 9.88. The molecule has 1 N–H and O–H groups in total. The van der Waals surface area contributed by atoms with E-state index in [1.54, 1.807) is 18.2 Å². The van der Waals surface area contributed by atoms with E-state index in [2.05, 4.69) is 5.32 Å². The van der Waals surface area contributed by atoms with E-state index >= 15 is 0 Å². The quantitative estimate of drug-likeness (QED) is 0.815. The maximum absolute atomic E-state index is 12.0. The first kappa shape index (κ1) is 15.0. The summed E-state index contributed by atoms with van der Waals surface area (Å²) in [7, 11) is 0. The van der Waals surface area contributed by atoms with Crippen LogP contribution < -0.4 is 5.32 Å². The van der Waals surface area contributed by atoms with Crippen molar-refractivity contribution in [3.63, 3.8) is 0 Å². The summed E-state index contributed by atoms with van der Waals surface area (Å²) in [4.78, 5) is 12.0. The summed E-state index contributed by atoms with van der Waals surface area (Å²) in [6.07, 6.45) is 4.47. The summed E-state index contributed by atoms with van der Waals surface area (Å²) in [5.41, 5.74) is 0.452. The fourth-order valence-electron chi connectivity index (χ4n) is 2.38. The van der Waals surface area contributed by atoms with Crippen molar-refractivity contribution in [1.29, 1.82) is 0 Å². The van der Waals surface area contributed by atoms with Gasteiger partial charge in [-0.05, 0) is 37.0 Å². The summed E-state index contributed by atoms with van der Waals surface area (Å²) < 4.78 is 0. The minimum atomic E-state index is -0.170. The summed E-state index contributed by atoms with van der Waals surface area (Å²) >= 11 is 18.1. The molecule has 19 heavy (non-hydrogen) atoms. The van der Waals surface area contributed by atoms with Crippen LogP contribution in [0, 0.1) is 5.92 Å². The van der Waals surface area contributed by atoms with Crippen LogP contribution in [0.15, 0.2) is 18.2 Å². The normalized spacial score (nSPS) is 23.1. The molecule has 1 amide bonds. The van der Waals surface area contributed by atoms with Gasteiger partial charge in [0, 0.05) is 16.9 Å². The summed E-state index contributed by atoms with van der Waals surface area (Å²) in [6, 6.07) is 4.87. The second-order valence-electron chi connectivity index (χ2n) is 4.89. The van der Waals surface area contributed by atoms with Crippen molar-refractivity contribution in [2.45, 2.75) is 31.1 Å². The third kappa shape index (κ3) is 4.01. The highest BCUT2D eigenvalue weighted by atomic mass is 35.5. The molecule has 0 aromatic heterocycles. The van der Waals surface area contributed by atoms with Crippen molar-refractivity contribution in [1.82, 2.24) is 5.32 Å². The van der Waals surface area contributed by atoms with Gasteiger partial charge in [0.2, 0.25) is 0 Å². The smallest absolute Gasteiger partial charge is 0.252 e. The number of nitrogens with one attached hydrogen (secondary N) is 1. The van der Waals surface area contributed by atoms with Crippen molar-refractivity contribution in [3.05, 3.63) is 33.8 Å². The van der Waals surface area contributed by atoms with Crippen LogP contribution in [0.5, 0.6) is 0 Å². The van der Waals surface area contributed by atoms with Gasteiger partial charge in [-0.25, -0.2) is 0 Å². The van der Waals surface area contributed by atoms with E-state index in [0.717, 1.165) is 12.8 Å². The third-order valence-corrected chi connectivity index (χ3v) is 4.64. The van der Waals surface area contributed by atoms with Crippen molar-refractivity contribution >= 4 is 40.7 Å². The Morgan fingerprint density at radius 3 is 2.68 bits per heavy atom. The van der Waals surface area contributed by atoms with E-state index in [0.29, 0.717) is 28.1 Å². The zero-order valence-electron chi connectivity index (χ0n) is 10.5. The SMILES string of the molecule is O=C(NCC1CCCCC1Cl)c1ccc(Cl)cc1Cl. The molecule has 2 nitrogen and oxygen atoms in total. The van der Waals surface area contributed by atoms with Crippen molar-refractivity contribution in [3.8, 4) is 0 Å². The lowest BCUT2D eigenvalue weighted by molar-refractivity contribution is 0.0944. The predicted octanol–water partition coefficient (Wildman–Crippen LogP) is 4.52. The Morgan fingerprint density at radius 1 is 1.26 bits per heavy atom. The molecule has 0 saturated heterocycles. The maximum Gasteiger partial charge on any atom is 0.252 e. The van der Waals surface area contributed by atoms with Gasteiger partial charge in [0.15, 0.2) is 0 Å². The lowest BCUT2D eigenvalue weighted by Crippen LogP contribution is -2.34. The topological polar surface area (TPSA) is 29.1 Å². The monoisotopic (exact) mass is 319 g/mol. The molecular weight excluding hydrogens is 305 g/mol. The molecule has 1 aliphatic carbocycles. The second-order valence-corrected chi connectivity index (χ2v) is 6.30. The summed E-state index contributed by atoms with van der Waals surface area (Å²) in [6.45, 7) is 0.603. The highest BCUT2D eigenvalue weighted by molar-refractivity contribution is 6.36. The zero-order chi connectivity index (χ0) is 13.8. The molecule has 2 atom stereocenters. The number of hydrogen-bond acceptors (Lipinski definition) is 1. The van der Waals surface area contributed by atoms with Crippen molar-refractivity contribution in [2.75, 3.05) is 6.54 Å². The minimum Gasteiger partial charge on any atom is -0.352 e. The number of carbonyl (C=O) groups excluding carboxylic acids is 1. The van der Waals surface area contributed by atoms with Crippen LogP contribution in [-0.4, -0.2) is 17.8 Å². The number of amides is 1. The predicted molar refractivity (Wildman–Crippen MR) is 80.4 cm³/mol. The molecule has 1 aromatic rings. The Hall–Kier alpha value is -0.440. The van der Waals surface area contributed by atoms with Gasteiger partial charge in [-0.2, -0.15) is 0 Å². The largest absolute Gasteiger partial charge is 0.352 e. The molecule has 2 unspecified atom stereocenters. The van der Waals surface area contributed by atoms with Gasteiger partial charge in [-0.1, -0.05) is 36.0 Å². The lowest BCUT2D eigenvalue weighted by Gasteiger charge is -2.27. The molecule has 1 fully saturated rings. The van der Waals surface area contributed by atoms with E-state index in [1.807, 2.05) is 0 Å². The number of hydrogen-bond donors (Lipinski definition) is 1. The zero-order valence-corrected chi connectivity index (χ0v) is 12.7. The highest BCUT2D eigenvalue weighted by Crippen LogP contribution is 2.28. The Labute approximate surface area is 128 Å². The molecule has 2 rings (SSSR count). The number of benzene rings is 1. The van der Waals surface area contributed by atoms with Crippen LogP contribution in [0.3, 0.4) is 0 Å². The van der Waals surface area contributed by atoms with Gasteiger partial charge < -0.3 is 5.32 Å². The molecule has 1 aromatic carbocycles. The fraction of sp³-hybridized carbons (Fsp3) is 0.500. The van der Waals surface area contributed by atoms with Crippen molar-refractivity contribution < 1.29 is 4.79 Å². The molecule has 1 aliphatic rings. The second kappa shape index (κ2) is 6.83. The Bertz CT molecular complexity index is 464. The van der Waals surface area contributed by atoms with E-state index in [1.165, 1.54) is 12.8 Å². The first-order valence-corrected chi connectivity index (χ1v) is 7.64. The van der Waals surface area contributed by atoms with Gasteiger partial charge in [-0.3, -0.25) is 4.79 Å². The average molecular weight is 321 g/mol. The van der Waals surface area contributed by atoms with Gasteiger partial charge in [0.1, 0.15) is 0 Å². The van der Waals surface area contributed by atoms with Crippen LogP contribution in [0.4, 0.5) is 0 Å². The van der Waals surface area contributed by atoms with Crippen LogP contribution >= 0.6 is 34.8 Å². The standard InChI is InChI=1S/C14H16Cl3NO/c15-10-5-6-11(13(17)7-10)14(19)18-8-9-3-1-2-4-12(9)16/h5-7,9,12H,1-4,8H2,(H,18,19). The molecule has 0 bridgehead atoms. The van der Waals surface area contributed by atoms with E-state index in [9.17, 15) is 4.79 Å². The summed E-state index contributed by atoms with van der Waals surface area (Å²) in [5.74, 6) is 0.182. The molecule has 0 spiro atoms. The van der Waals surface area contributed by atoms with E-state index in [-0.39, 0.29) is 11.3 Å². The molecule has 0 heterocycles. The third-order valence-electron chi connectivity index (χ3n) is 3.52. The Balaban J connectivity index is 1.93. The minimum absolute atomic E-state index is 0.162. The number of alkyl halides is 1. The average Bonchev–Trinajstić information content (AvgIpc) is 2.37. The van der Waals surface area contributed by atoms with Gasteiger partial charge >= 0.3 is 0 Å². The Kier molecular flexibility index (Phi) is 5.37. The van der Waals surface area contributed by atoms with E-state index < -0.39 is 0 Å². The van der Waals surface area contributed by atoms with Gasteiger partial charge in [0.25, 0.3) is 5.91 Å². The Morgan fingerprint density at radius 2 is 2.00 bits per heavy atom. The molecule has 1 saturated carbocycles. The van der Waals surface area contributed by atoms with Crippen LogP contribution in [0.25, 0.3) is 0 Å². The number of halogens is 3. The number of rotatable bonds is 3. The van der Waals surface area contributed by atoms with Crippen LogP contribution in [-0.2, 0) is 0 Å². The molecular formula is C14H16Cl3NO. The fourth-order valence-corrected chi connectivity index (χ4v) is 3.25. The van der Waals surface area contributed by atoms with Gasteiger partial charge in [-0.15, -0.1) is 11.6 Å². The number of carbonyl (C=O) groups is 1. The van der Waals surface area contributed by atoms with Crippen LogP contribution in [0.2, 0.25) is 10.0 Å². The maximum atomic E-state index is 12.0. The molecule has 5 heteroatoms. The van der Waals surface area contributed by atoms with Crippen LogP contribution in [0.1, 0.15) is 36.0 Å². The molecule has 0 radical (unpaired) electrons. The summed E-state index contributed by atoms with van der Waals surface area (Å²) in [5, 5.41) is 3.96. The molecule has 104 valence electrons. The van der Waals surface area contributed by atoms with E-state index in [4.69, 9.17) is 34.8 Å². The van der Waals surface area contributed by atoms with Crippen molar-refractivity contribution in [2.24, 2.45) is 5.92 Å². The van der Waals surface area contributed by atoms with Gasteiger partial charge in [0.05, 0.1) is 10.6 Å². The first-order valence-electron chi connectivity index (χ1n) is 6.45.